The number of carbonyl (C=O) groups excluding carboxylic acids is 1. The molecular formula is C36H48O5. The van der Waals surface area contributed by atoms with E-state index < -0.39 is 11.6 Å². The van der Waals surface area contributed by atoms with Crippen LogP contribution in [0.15, 0.2) is 72.8 Å². The third-order valence-electron chi connectivity index (χ3n) is 7.80. The van der Waals surface area contributed by atoms with Crippen LogP contribution in [0.5, 0.6) is 0 Å². The second kappa shape index (κ2) is 16.9. The summed E-state index contributed by atoms with van der Waals surface area (Å²) in [6, 6.07) is 15.6. The summed E-state index contributed by atoms with van der Waals surface area (Å²) in [6.07, 6.45) is 19.2. The third-order valence-corrected chi connectivity index (χ3v) is 7.80. The van der Waals surface area contributed by atoms with Crippen molar-refractivity contribution >= 4 is 11.9 Å². The molecule has 0 heterocycles. The number of benzene rings is 2. The molecule has 0 saturated carbocycles. The lowest BCUT2D eigenvalue weighted by Crippen LogP contribution is -2.39. The summed E-state index contributed by atoms with van der Waals surface area (Å²) in [7, 11) is 0. The molecular weight excluding hydrogens is 512 g/mol. The quantitative estimate of drug-likeness (QED) is 0.112. The average molecular weight is 561 g/mol. The summed E-state index contributed by atoms with van der Waals surface area (Å²) in [4.78, 5) is 25.1. The molecule has 1 atom stereocenters. The molecule has 222 valence electrons. The Balaban J connectivity index is 1.61. The fraction of sp³-hybridized carbons (Fsp3) is 0.500. The Morgan fingerprint density at radius 2 is 1.44 bits per heavy atom. The van der Waals surface area contributed by atoms with Crippen molar-refractivity contribution in [1.29, 1.82) is 0 Å². The van der Waals surface area contributed by atoms with Crippen LogP contribution < -0.4 is 0 Å². The minimum atomic E-state index is -1.41. The number of allylic oxidation sites excluding steroid dienone is 2. The first kappa shape index (κ1) is 32.3. The van der Waals surface area contributed by atoms with Gasteiger partial charge in [0.1, 0.15) is 0 Å². The molecule has 0 aliphatic heterocycles. The van der Waals surface area contributed by atoms with E-state index in [0.29, 0.717) is 12.2 Å². The predicted molar refractivity (Wildman–Crippen MR) is 166 cm³/mol. The van der Waals surface area contributed by atoms with Gasteiger partial charge in [0, 0.05) is 12.5 Å². The maximum Gasteiger partial charge on any atom is 0.344 e. The van der Waals surface area contributed by atoms with Crippen LogP contribution in [0.3, 0.4) is 0 Å². The average Bonchev–Trinajstić information content (AvgIpc) is 2.99. The topological polar surface area (TPSA) is 72.8 Å². The molecule has 1 unspecified atom stereocenters. The van der Waals surface area contributed by atoms with Crippen molar-refractivity contribution in [2.75, 3.05) is 6.61 Å². The van der Waals surface area contributed by atoms with E-state index in [-0.39, 0.29) is 18.0 Å². The molecule has 1 N–H and O–H groups in total. The Morgan fingerprint density at radius 3 is 2.10 bits per heavy atom. The molecule has 3 rings (SSSR count). The number of carboxylic acids is 1. The van der Waals surface area contributed by atoms with Crippen molar-refractivity contribution in [3.63, 3.8) is 0 Å². The fourth-order valence-corrected chi connectivity index (χ4v) is 5.22. The van der Waals surface area contributed by atoms with Crippen molar-refractivity contribution in [2.45, 2.75) is 109 Å². The van der Waals surface area contributed by atoms with Gasteiger partial charge in [-0.15, -0.1) is 0 Å². The number of ether oxygens (including phenoxy) is 2. The van der Waals surface area contributed by atoms with Gasteiger partial charge in [0.2, 0.25) is 5.60 Å². The molecule has 2 aromatic rings. The Labute approximate surface area is 246 Å². The van der Waals surface area contributed by atoms with Gasteiger partial charge < -0.3 is 14.6 Å². The maximum absolute atomic E-state index is 13.0. The van der Waals surface area contributed by atoms with Gasteiger partial charge in [0.15, 0.2) is 0 Å². The first-order valence-electron chi connectivity index (χ1n) is 15.6. The zero-order valence-electron chi connectivity index (χ0n) is 25.1. The molecule has 0 saturated heterocycles. The standard InChI is InChI=1S/C36H48O5/c1-4-6-8-10-11-15-27-40-36(35(38)39)25-23-30(24-26-36)29-19-21-31(22-20-29)32-17-13-14-18-33(32)34(37)41-28(3)16-12-9-7-5-2/h13-14,17-26,28,30H,4-12,15-16,27H2,1-3H3,(H,38,39). The van der Waals surface area contributed by atoms with Gasteiger partial charge in [-0.3, -0.25) is 0 Å². The summed E-state index contributed by atoms with van der Waals surface area (Å²) < 4.78 is 11.7. The molecule has 0 amide bonds. The van der Waals surface area contributed by atoms with Crippen molar-refractivity contribution in [3.05, 3.63) is 84.0 Å². The molecule has 0 spiro atoms. The lowest BCUT2D eigenvalue weighted by Gasteiger charge is -2.27. The van der Waals surface area contributed by atoms with Gasteiger partial charge in [0.05, 0.1) is 11.7 Å². The lowest BCUT2D eigenvalue weighted by molar-refractivity contribution is -0.154. The molecule has 41 heavy (non-hydrogen) atoms. The second-order valence-corrected chi connectivity index (χ2v) is 11.2. The van der Waals surface area contributed by atoms with Crippen LogP contribution in [-0.2, 0) is 14.3 Å². The van der Waals surface area contributed by atoms with Crippen LogP contribution in [0.2, 0.25) is 0 Å². The number of carbonyl (C=O) groups is 2. The second-order valence-electron chi connectivity index (χ2n) is 11.2. The monoisotopic (exact) mass is 560 g/mol. The van der Waals surface area contributed by atoms with E-state index in [9.17, 15) is 14.7 Å². The summed E-state index contributed by atoms with van der Waals surface area (Å²) in [5.74, 6) is -1.34. The van der Waals surface area contributed by atoms with Crippen molar-refractivity contribution in [2.24, 2.45) is 0 Å². The number of aliphatic carboxylic acids is 1. The normalized spacial score (nSPS) is 18.8. The van der Waals surface area contributed by atoms with E-state index >= 15 is 0 Å². The minimum absolute atomic E-state index is 0.0528. The molecule has 0 bridgehead atoms. The van der Waals surface area contributed by atoms with Crippen LogP contribution in [0, 0.1) is 0 Å². The highest BCUT2D eigenvalue weighted by Gasteiger charge is 2.36. The Hall–Kier alpha value is -3.18. The summed E-state index contributed by atoms with van der Waals surface area (Å²) in [5.41, 5.74) is 1.96. The van der Waals surface area contributed by atoms with Crippen molar-refractivity contribution in [3.8, 4) is 11.1 Å². The number of rotatable bonds is 18. The fourth-order valence-electron chi connectivity index (χ4n) is 5.22. The number of carboxylic acid groups (broad SMARTS) is 1. The minimum Gasteiger partial charge on any atom is -0.479 e. The molecule has 5 heteroatoms. The van der Waals surface area contributed by atoms with E-state index in [1.54, 1.807) is 12.2 Å². The van der Waals surface area contributed by atoms with Gasteiger partial charge in [-0.25, -0.2) is 9.59 Å². The van der Waals surface area contributed by atoms with Gasteiger partial charge >= 0.3 is 11.9 Å². The number of hydrogen-bond donors (Lipinski definition) is 1. The first-order chi connectivity index (χ1) is 19.9. The van der Waals surface area contributed by atoms with Crippen LogP contribution in [0.1, 0.15) is 113 Å². The van der Waals surface area contributed by atoms with Crippen molar-refractivity contribution in [1.82, 2.24) is 0 Å². The van der Waals surface area contributed by atoms with Crippen LogP contribution in [0.4, 0.5) is 0 Å². The first-order valence-corrected chi connectivity index (χ1v) is 15.6. The van der Waals surface area contributed by atoms with Gasteiger partial charge in [0.25, 0.3) is 0 Å². The Bertz CT molecular complexity index is 1130. The summed E-state index contributed by atoms with van der Waals surface area (Å²) >= 11 is 0. The van der Waals surface area contributed by atoms with E-state index in [2.05, 4.69) is 13.8 Å². The Kier molecular flexibility index (Phi) is 13.4. The summed E-state index contributed by atoms with van der Waals surface area (Å²) in [6.45, 7) is 6.77. The summed E-state index contributed by atoms with van der Waals surface area (Å²) in [5, 5.41) is 9.90. The molecule has 2 aromatic carbocycles. The molecule has 1 aliphatic carbocycles. The van der Waals surface area contributed by atoms with Crippen molar-refractivity contribution < 1.29 is 24.2 Å². The number of esters is 1. The predicted octanol–water partition coefficient (Wildman–Crippen LogP) is 9.28. The van der Waals surface area contributed by atoms with Gasteiger partial charge in [-0.2, -0.15) is 0 Å². The highest BCUT2D eigenvalue weighted by atomic mass is 16.5. The van der Waals surface area contributed by atoms with E-state index in [1.165, 1.54) is 32.1 Å². The highest BCUT2D eigenvalue weighted by Crippen LogP contribution is 2.32. The van der Waals surface area contributed by atoms with E-state index in [4.69, 9.17) is 9.47 Å². The smallest absolute Gasteiger partial charge is 0.344 e. The zero-order chi connectivity index (χ0) is 29.5. The Morgan fingerprint density at radius 1 is 0.829 bits per heavy atom. The molecule has 5 nitrogen and oxygen atoms in total. The van der Waals surface area contributed by atoms with Gasteiger partial charge in [-0.1, -0.05) is 120 Å². The van der Waals surface area contributed by atoms with Crippen LogP contribution in [-0.4, -0.2) is 35.4 Å². The molecule has 0 fully saturated rings. The highest BCUT2D eigenvalue weighted by molar-refractivity contribution is 5.97. The number of hydrogen-bond acceptors (Lipinski definition) is 4. The largest absolute Gasteiger partial charge is 0.479 e. The van der Waals surface area contributed by atoms with E-state index in [0.717, 1.165) is 55.2 Å². The number of unbranched alkanes of at least 4 members (excludes halogenated alkanes) is 8. The van der Waals surface area contributed by atoms with Crippen LogP contribution in [0.25, 0.3) is 11.1 Å². The molecule has 0 aromatic heterocycles. The molecule has 1 aliphatic rings. The third kappa shape index (κ3) is 9.71. The molecule has 0 radical (unpaired) electrons. The maximum atomic E-state index is 13.0. The lowest BCUT2D eigenvalue weighted by atomic mass is 9.87. The van der Waals surface area contributed by atoms with Gasteiger partial charge in [-0.05, 0) is 61.1 Å². The van der Waals surface area contributed by atoms with E-state index in [1.807, 2.05) is 67.6 Å². The zero-order valence-corrected chi connectivity index (χ0v) is 25.1. The van der Waals surface area contributed by atoms with Crippen LogP contribution >= 0.6 is 0 Å². The SMILES string of the molecule is CCCCCCCCOC1(C(=O)O)C=CC(c2ccc(-c3ccccc3C(=O)OC(C)CCCCCC)cc2)C=C1.